The quantitative estimate of drug-likeness (QED) is 0.611. The molecular formula is C14H11ClF5N3O2. The molecular weight excluding hydrogens is 373 g/mol. The molecule has 0 radical (unpaired) electrons. The number of alkyl halides is 6. The van der Waals surface area contributed by atoms with E-state index in [2.05, 4.69) is 9.84 Å². The highest BCUT2D eigenvalue weighted by molar-refractivity contribution is 6.20. The number of aromatic nitrogens is 2. The van der Waals surface area contributed by atoms with Crippen molar-refractivity contribution in [2.75, 3.05) is 0 Å². The molecule has 0 aliphatic rings. The van der Waals surface area contributed by atoms with Crippen LogP contribution in [0.5, 0.6) is 5.75 Å². The molecule has 25 heavy (non-hydrogen) atoms. The Morgan fingerprint density at radius 2 is 1.92 bits per heavy atom. The number of nitrogens with two attached hydrogens (primary N) is 1. The lowest BCUT2D eigenvalue weighted by Gasteiger charge is -2.20. The van der Waals surface area contributed by atoms with E-state index >= 15 is 0 Å². The van der Waals surface area contributed by atoms with E-state index in [1.807, 2.05) is 0 Å². The van der Waals surface area contributed by atoms with Crippen molar-refractivity contribution in [1.82, 2.24) is 9.78 Å². The van der Waals surface area contributed by atoms with Crippen LogP contribution in [0.3, 0.4) is 0 Å². The second-order valence-corrected chi connectivity index (χ2v) is 5.24. The third kappa shape index (κ3) is 3.68. The fourth-order valence-corrected chi connectivity index (χ4v) is 2.24. The lowest BCUT2D eigenvalue weighted by molar-refractivity contribution is -0.198. The van der Waals surface area contributed by atoms with Crippen LogP contribution < -0.4 is 10.5 Å². The van der Waals surface area contributed by atoms with Gasteiger partial charge in [0.05, 0.1) is 11.3 Å². The summed E-state index contributed by atoms with van der Waals surface area (Å²) in [6.07, 6.45) is -7.52. The van der Waals surface area contributed by atoms with Crippen LogP contribution in [0.25, 0.3) is 11.3 Å². The minimum atomic E-state index is -4.39. The van der Waals surface area contributed by atoms with Crippen LogP contribution in [0.1, 0.15) is 22.5 Å². The van der Waals surface area contributed by atoms with Gasteiger partial charge >= 0.3 is 6.11 Å². The Labute approximate surface area is 143 Å². The van der Waals surface area contributed by atoms with Crippen molar-refractivity contribution >= 4 is 17.5 Å². The lowest BCUT2D eigenvalue weighted by Crippen LogP contribution is -2.33. The van der Waals surface area contributed by atoms with E-state index in [0.717, 1.165) is 10.7 Å². The van der Waals surface area contributed by atoms with Gasteiger partial charge in [-0.1, -0.05) is 23.7 Å². The fourth-order valence-electron chi connectivity index (χ4n) is 2.19. The van der Waals surface area contributed by atoms with Gasteiger partial charge in [0.15, 0.2) is 0 Å². The molecule has 11 heteroatoms. The van der Waals surface area contributed by atoms with Crippen LogP contribution in [0.4, 0.5) is 22.0 Å². The van der Waals surface area contributed by atoms with Gasteiger partial charge in [0.2, 0.25) is 0 Å². The molecule has 5 nitrogen and oxygen atoms in total. The molecule has 0 spiro atoms. The molecule has 1 aromatic heterocycles. The molecule has 1 unspecified atom stereocenters. The number of ether oxygens (including phenoxy) is 1. The summed E-state index contributed by atoms with van der Waals surface area (Å²) < 4.78 is 71.0. The SMILES string of the molecule is Cn1nc(C(F)F)c(C(N)=O)c1-c1ccccc1OC(F)(F)C(F)Cl. The molecule has 1 atom stereocenters. The molecule has 2 rings (SSSR count). The summed E-state index contributed by atoms with van der Waals surface area (Å²) in [4.78, 5) is 11.6. The van der Waals surface area contributed by atoms with Crippen LogP contribution in [0.2, 0.25) is 0 Å². The second kappa shape index (κ2) is 6.87. The number of para-hydroxylation sites is 1. The molecule has 0 saturated heterocycles. The molecule has 0 fully saturated rings. The van der Waals surface area contributed by atoms with Crippen molar-refractivity contribution in [1.29, 1.82) is 0 Å². The van der Waals surface area contributed by atoms with Gasteiger partial charge < -0.3 is 10.5 Å². The third-order valence-corrected chi connectivity index (χ3v) is 3.42. The predicted molar refractivity (Wildman–Crippen MR) is 78.4 cm³/mol. The van der Waals surface area contributed by atoms with Crippen LogP contribution in [0, 0.1) is 0 Å². The van der Waals surface area contributed by atoms with Gasteiger partial charge in [-0.05, 0) is 12.1 Å². The third-order valence-electron chi connectivity index (χ3n) is 3.17. The highest BCUT2D eigenvalue weighted by atomic mass is 35.5. The molecule has 2 N–H and O–H groups in total. The van der Waals surface area contributed by atoms with Gasteiger partial charge in [-0.2, -0.15) is 13.9 Å². The molecule has 1 aromatic carbocycles. The van der Waals surface area contributed by atoms with Gasteiger partial charge in [0.25, 0.3) is 18.0 Å². The van der Waals surface area contributed by atoms with Crippen LogP contribution in [-0.4, -0.2) is 27.4 Å². The summed E-state index contributed by atoms with van der Waals surface area (Å²) in [5.74, 6) is -1.83. The summed E-state index contributed by atoms with van der Waals surface area (Å²) in [5.41, 5.74) is -0.0741. The summed E-state index contributed by atoms with van der Waals surface area (Å²) in [6, 6.07) is 4.88. The Kier molecular flexibility index (Phi) is 5.21. The van der Waals surface area contributed by atoms with Gasteiger partial charge in [-0.15, -0.1) is 0 Å². The number of hydrogen-bond acceptors (Lipinski definition) is 3. The first-order chi connectivity index (χ1) is 11.6. The van der Waals surface area contributed by atoms with E-state index in [1.54, 1.807) is 0 Å². The first-order valence-corrected chi connectivity index (χ1v) is 7.09. The standard InChI is InChI=1S/C14H11ClF5N3O2/c1-23-10(8(12(21)24)9(22-23)11(16)17)6-4-2-3-5-7(6)25-14(19,20)13(15)18/h2-5,11,13H,1H3,(H2,21,24). The van der Waals surface area contributed by atoms with Crippen molar-refractivity contribution in [2.45, 2.75) is 18.2 Å². The summed E-state index contributed by atoms with van der Waals surface area (Å²) in [7, 11) is 1.21. The molecule has 2 aromatic rings. The Balaban J connectivity index is 2.67. The Bertz CT molecular complexity index is 795. The number of aryl methyl sites for hydroxylation is 1. The lowest BCUT2D eigenvalue weighted by atomic mass is 10.0. The van der Waals surface area contributed by atoms with E-state index in [1.165, 1.54) is 25.2 Å². The monoisotopic (exact) mass is 383 g/mol. The second-order valence-electron chi connectivity index (χ2n) is 4.86. The highest BCUT2D eigenvalue weighted by Crippen LogP contribution is 2.39. The summed E-state index contributed by atoms with van der Waals surface area (Å²) in [6.45, 7) is 0. The van der Waals surface area contributed by atoms with Gasteiger partial charge in [-0.3, -0.25) is 9.48 Å². The maximum Gasteiger partial charge on any atom is 0.444 e. The van der Waals surface area contributed by atoms with E-state index in [-0.39, 0.29) is 11.3 Å². The van der Waals surface area contributed by atoms with E-state index < -0.39 is 41.1 Å². The van der Waals surface area contributed by atoms with Crippen molar-refractivity contribution in [3.05, 3.63) is 35.5 Å². The number of primary amides is 1. The van der Waals surface area contributed by atoms with Crippen LogP contribution >= 0.6 is 11.6 Å². The molecule has 1 amide bonds. The Morgan fingerprint density at radius 1 is 1.32 bits per heavy atom. The average molecular weight is 384 g/mol. The smallest absolute Gasteiger partial charge is 0.429 e. The molecule has 0 aliphatic carbocycles. The molecule has 136 valence electrons. The maximum atomic E-state index is 13.5. The van der Waals surface area contributed by atoms with Crippen LogP contribution in [0.15, 0.2) is 24.3 Å². The molecule has 0 saturated carbocycles. The van der Waals surface area contributed by atoms with Gasteiger partial charge in [0, 0.05) is 12.6 Å². The number of hydrogen-bond donors (Lipinski definition) is 1. The largest absolute Gasteiger partial charge is 0.444 e. The number of halogens is 6. The zero-order chi connectivity index (χ0) is 18.9. The first kappa shape index (κ1) is 19.0. The topological polar surface area (TPSA) is 70.1 Å². The van der Waals surface area contributed by atoms with Crippen molar-refractivity contribution < 1.29 is 31.5 Å². The minimum absolute atomic E-state index is 0.213. The number of carbonyl (C=O) groups excluding carboxylic acids is 1. The molecule has 0 aliphatic heterocycles. The maximum absolute atomic E-state index is 13.5. The molecule has 1 heterocycles. The number of amides is 1. The van der Waals surface area contributed by atoms with Crippen molar-refractivity contribution in [3.8, 4) is 17.0 Å². The van der Waals surface area contributed by atoms with E-state index in [0.29, 0.717) is 0 Å². The van der Waals surface area contributed by atoms with E-state index in [9.17, 15) is 26.7 Å². The normalized spacial score (nSPS) is 13.1. The fraction of sp³-hybridized carbons (Fsp3) is 0.286. The number of nitrogens with zero attached hydrogens (tertiary/aromatic N) is 2. The van der Waals surface area contributed by atoms with Gasteiger partial charge in [0.1, 0.15) is 11.4 Å². The van der Waals surface area contributed by atoms with Crippen molar-refractivity contribution in [3.63, 3.8) is 0 Å². The number of benzene rings is 1. The average Bonchev–Trinajstić information content (AvgIpc) is 2.85. The van der Waals surface area contributed by atoms with Crippen LogP contribution in [-0.2, 0) is 7.05 Å². The Morgan fingerprint density at radius 3 is 2.44 bits per heavy atom. The number of carbonyl (C=O) groups is 1. The minimum Gasteiger partial charge on any atom is -0.429 e. The van der Waals surface area contributed by atoms with Gasteiger partial charge in [-0.25, -0.2) is 13.2 Å². The summed E-state index contributed by atoms with van der Waals surface area (Å²) >= 11 is 4.74. The molecule has 0 bridgehead atoms. The zero-order valence-corrected chi connectivity index (χ0v) is 13.3. The van der Waals surface area contributed by atoms with Crippen molar-refractivity contribution in [2.24, 2.45) is 12.8 Å². The van der Waals surface area contributed by atoms with E-state index in [4.69, 9.17) is 17.3 Å². The zero-order valence-electron chi connectivity index (χ0n) is 12.5. The predicted octanol–water partition coefficient (Wildman–Crippen LogP) is 3.63. The highest BCUT2D eigenvalue weighted by Gasteiger charge is 2.43. The number of rotatable bonds is 6. The summed E-state index contributed by atoms with van der Waals surface area (Å²) in [5, 5.41) is 3.50. The Hall–Kier alpha value is -2.36. The first-order valence-electron chi connectivity index (χ1n) is 6.65.